The van der Waals surface area contributed by atoms with Gasteiger partial charge in [0.15, 0.2) is 5.92 Å². The van der Waals surface area contributed by atoms with Crippen molar-refractivity contribution in [1.82, 2.24) is 0 Å². The lowest BCUT2D eigenvalue weighted by molar-refractivity contribution is -0.143. The van der Waals surface area contributed by atoms with E-state index < -0.39 is 11.9 Å². The normalized spacial score (nSPS) is 12.1. The molecule has 4 nitrogen and oxygen atoms in total. The van der Waals surface area contributed by atoms with Crippen LogP contribution in [0.5, 0.6) is 0 Å². The summed E-state index contributed by atoms with van der Waals surface area (Å²) in [4.78, 5) is 15.4. The molecule has 0 aliphatic heterocycles. The molecule has 1 aromatic carbocycles. The van der Waals surface area contributed by atoms with Crippen molar-refractivity contribution in [1.29, 1.82) is 5.26 Å². The van der Waals surface area contributed by atoms with Crippen molar-refractivity contribution in [2.45, 2.75) is 13.8 Å². The lowest BCUT2D eigenvalue weighted by Gasteiger charge is -2.02. The first kappa shape index (κ1) is 12.9. The number of carbonyl (C=O) groups is 1. The lowest BCUT2D eigenvalue weighted by atomic mass is 10.2. The highest BCUT2D eigenvalue weighted by Crippen LogP contribution is 2.13. The van der Waals surface area contributed by atoms with Crippen molar-refractivity contribution in [3.8, 4) is 6.07 Å². The van der Waals surface area contributed by atoms with E-state index in [4.69, 9.17) is 10.00 Å². The number of rotatable bonds is 4. The maximum absolute atomic E-state index is 11.3. The summed E-state index contributed by atoms with van der Waals surface area (Å²) < 4.78 is 4.75. The maximum atomic E-state index is 11.3. The van der Waals surface area contributed by atoms with Crippen LogP contribution >= 0.6 is 0 Å². The number of aryl methyl sites for hydroxylation is 1. The molecule has 17 heavy (non-hydrogen) atoms. The molecule has 1 unspecified atom stereocenters. The fourth-order valence-corrected chi connectivity index (χ4v) is 1.25. The van der Waals surface area contributed by atoms with Gasteiger partial charge in [0.2, 0.25) is 0 Å². The Kier molecular flexibility index (Phi) is 4.89. The molecule has 0 saturated heterocycles. The quantitative estimate of drug-likeness (QED) is 0.589. The molecule has 1 aromatic rings. The molecule has 1 rings (SSSR count). The molecule has 88 valence electrons. The molecule has 4 heteroatoms. The summed E-state index contributed by atoms with van der Waals surface area (Å²) in [6.07, 6.45) is 1.31. The number of ether oxygens (including phenoxy) is 1. The number of carbonyl (C=O) groups excluding carboxylic acids is 1. The molecular weight excluding hydrogens is 216 g/mol. The van der Waals surface area contributed by atoms with Gasteiger partial charge in [-0.2, -0.15) is 5.26 Å². The van der Waals surface area contributed by atoms with Crippen molar-refractivity contribution in [3.05, 3.63) is 29.8 Å². The van der Waals surface area contributed by atoms with Gasteiger partial charge in [0, 0.05) is 6.21 Å². The number of hydrogen-bond acceptors (Lipinski definition) is 4. The molecule has 0 aliphatic rings. The third kappa shape index (κ3) is 4.07. The Morgan fingerprint density at radius 2 is 2.41 bits per heavy atom. The molecule has 0 N–H and O–H groups in total. The molecule has 1 atom stereocenters. The van der Waals surface area contributed by atoms with E-state index in [-0.39, 0.29) is 6.61 Å². The van der Waals surface area contributed by atoms with Gasteiger partial charge in [0.1, 0.15) is 0 Å². The molecule has 0 radical (unpaired) electrons. The minimum Gasteiger partial charge on any atom is -0.465 e. The summed E-state index contributed by atoms with van der Waals surface area (Å²) >= 11 is 0. The maximum Gasteiger partial charge on any atom is 0.328 e. The number of benzene rings is 1. The van der Waals surface area contributed by atoms with E-state index in [9.17, 15) is 4.79 Å². The minimum atomic E-state index is -0.949. The highest BCUT2D eigenvalue weighted by molar-refractivity contribution is 5.93. The highest BCUT2D eigenvalue weighted by atomic mass is 16.5. The van der Waals surface area contributed by atoms with Crippen molar-refractivity contribution < 1.29 is 9.53 Å². The highest BCUT2D eigenvalue weighted by Gasteiger charge is 2.16. The van der Waals surface area contributed by atoms with E-state index in [1.165, 1.54) is 6.21 Å². The predicted molar refractivity (Wildman–Crippen MR) is 65.1 cm³/mol. The van der Waals surface area contributed by atoms with E-state index in [1.54, 1.807) is 6.92 Å². The second-order valence-corrected chi connectivity index (χ2v) is 3.48. The molecule has 0 amide bonds. The molecule has 0 fully saturated rings. The van der Waals surface area contributed by atoms with Gasteiger partial charge in [-0.1, -0.05) is 12.1 Å². The summed E-state index contributed by atoms with van der Waals surface area (Å²) in [7, 11) is 0. The minimum absolute atomic E-state index is 0.259. The second kappa shape index (κ2) is 6.44. The second-order valence-electron chi connectivity index (χ2n) is 3.48. The van der Waals surface area contributed by atoms with Crippen LogP contribution in [0, 0.1) is 24.2 Å². The van der Waals surface area contributed by atoms with Crippen LogP contribution in [0.2, 0.25) is 0 Å². The molecular formula is C13H14N2O2. The first-order valence-electron chi connectivity index (χ1n) is 5.34. The molecule has 0 aliphatic carbocycles. The first-order chi connectivity index (χ1) is 8.17. The van der Waals surface area contributed by atoms with Gasteiger partial charge in [-0.05, 0) is 31.5 Å². The summed E-state index contributed by atoms with van der Waals surface area (Å²) in [5.74, 6) is -1.51. The SMILES string of the molecule is CCOC(=O)C(C#N)C=Nc1cccc(C)c1. The summed E-state index contributed by atoms with van der Waals surface area (Å²) in [5, 5.41) is 8.81. The third-order valence-corrected chi connectivity index (χ3v) is 2.05. The smallest absolute Gasteiger partial charge is 0.328 e. The Morgan fingerprint density at radius 3 is 3.00 bits per heavy atom. The van der Waals surface area contributed by atoms with Gasteiger partial charge in [0.05, 0.1) is 18.4 Å². The van der Waals surface area contributed by atoms with Crippen LogP contribution < -0.4 is 0 Å². The molecule has 0 spiro atoms. The number of nitrogens with zero attached hydrogens (tertiary/aromatic N) is 2. The van der Waals surface area contributed by atoms with Crippen LogP contribution in [-0.2, 0) is 9.53 Å². The van der Waals surface area contributed by atoms with Crippen LogP contribution in [-0.4, -0.2) is 18.8 Å². The Bertz CT molecular complexity index is 461. The van der Waals surface area contributed by atoms with E-state index >= 15 is 0 Å². The monoisotopic (exact) mass is 230 g/mol. The van der Waals surface area contributed by atoms with Crippen molar-refractivity contribution in [3.63, 3.8) is 0 Å². The van der Waals surface area contributed by atoms with E-state index in [1.807, 2.05) is 37.3 Å². The topological polar surface area (TPSA) is 62.5 Å². The summed E-state index contributed by atoms with van der Waals surface area (Å²) in [6.45, 7) is 3.91. The zero-order valence-corrected chi connectivity index (χ0v) is 9.88. The molecule has 0 heterocycles. The zero-order chi connectivity index (χ0) is 12.7. The Morgan fingerprint density at radius 1 is 1.65 bits per heavy atom. The fraction of sp³-hybridized carbons (Fsp3) is 0.308. The number of nitriles is 1. The average molecular weight is 230 g/mol. The fourth-order valence-electron chi connectivity index (χ4n) is 1.25. The van der Waals surface area contributed by atoms with Gasteiger partial charge < -0.3 is 4.74 Å². The number of esters is 1. The Labute approximate surface area is 101 Å². The van der Waals surface area contributed by atoms with Crippen LogP contribution in [0.1, 0.15) is 12.5 Å². The average Bonchev–Trinajstić information content (AvgIpc) is 2.30. The molecule has 0 saturated carbocycles. The Hall–Kier alpha value is -2.15. The zero-order valence-electron chi connectivity index (χ0n) is 9.88. The Balaban J connectivity index is 2.75. The van der Waals surface area contributed by atoms with Crippen molar-refractivity contribution >= 4 is 17.9 Å². The van der Waals surface area contributed by atoms with Crippen LogP contribution in [0.3, 0.4) is 0 Å². The van der Waals surface area contributed by atoms with E-state index in [2.05, 4.69) is 4.99 Å². The van der Waals surface area contributed by atoms with Gasteiger partial charge in [0.25, 0.3) is 0 Å². The molecule has 0 bridgehead atoms. The van der Waals surface area contributed by atoms with Crippen LogP contribution in [0.15, 0.2) is 29.3 Å². The summed E-state index contributed by atoms with van der Waals surface area (Å²) in [5.41, 5.74) is 1.79. The molecule has 0 aromatic heterocycles. The summed E-state index contributed by atoms with van der Waals surface area (Å²) in [6, 6.07) is 9.35. The van der Waals surface area contributed by atoms with Crippen LogP contribution in [0.4, 0.5) is 5.69 Å². The van der Waals surface area contributed by atoms with Gasteiger partial charge >= 0.3 is 5.97 Å². The third-order valence-electron chi connectivity index (χ3n) is 2.05. The van der Waals surface area contributed by atoms with E-state index in [0.717, 1.165) is 11.3 Å². The van der Waals surface area contributed by atoms with Crippen molar-refractivity contribution in [2.75, 3.05) is 6.61 Å². The lowest BCUT2D eigenvalue weighted by Crippen LogP contribution is -2.17. The van der Waals surface area contributed by atoms with Gasteiger partial charge in [-0.25, -0.2) is 0 Å². The van der Waals surface area contributed by atoms with Gasteiger partial charge in [-0.15, -0.1) is 0 Å². The number of aliphatic imine (C=N–C) groups is 1. The number of hydrogen-bond donors (Lipinski definition) is 0. The van der Waals surface area contributed by atoms with E-state index in [0.29, 0.717) is 0 Å². The van der Waals surface area contributed by atoms with Crippen LogP contribution in [0.25, 0.3) is 0 Å². The first-order valence-corrected chi connectivity index (χ1v) is 5.34. The largest absolute Gasteiger partial charge is 0.465 e. The van der Waals surface area contributed by atoms with Gasteiger partial charge in [-0.3, -0.25) is 9.79 Å². The van der Waals surface area contributed by atoms with Crippen molar-refractivity contribution in [2.24, 2.45) is 10.9 Å². The standard InChI is InChI=1S/C13H14N2O2/c1-3-17-13(16)11(8-14)9-15-12-6-4-5-10(2)7-12/h4-7,9,11H,3H2,1-2H3. The predicted octanol–water partition coefficient (Wildman–Crippen LogP) is 2.40.